The molecule has 0 aromatic carbocycles. The first kappa shape index (κ1) is 21.6. The van der Waals surface area contributed by atoms with Crippen molar-refractivity contribution < 1.29 is 57.8 Å². The van der Waals surface area contributed by atoms with Gasteiger partial charge in [0.25, 0.3) is 0 Å². The van der Waals surface area contributed by atoms with Gasteiger partial charge in [-0.15, -0.1) is 0 Å². The Labute approximate surface area is 131 Å². The van der Waals surface area contributed by atoms with E-state index < -0.39 is 58.5 Å². The molecule has 0 aliphatic heterocycles. The maximum Gasteiger partial charge on any atom is 0.417 e. The second-order valence-corrected chi connectivity index (χ2v) is 5.42. The summed E-state index contributed by atoms with van der Waals surface area (Å²) in [6, 6.07) is 0. The van der Waals surface area contributed by atoms with E-state index in [-0.39, 0.29) is 13.8 Å². The number of hydrogen-bond donors (Lipinski definition) is 1. The summed E-state index contributed by atoms with van der Waals surface area (Å²) in [6.07, 6.45) is -24.7. The molecule has 1 N–H and O–H groups in total. The van der Waals surface area contributed by atoms with Crippen molar-refractivity contribution in [1.29, 1.82) is 0 Å². The molecule has 0 spiro atoms. The summed E-state index contributed by atoms with van der Waals surface area (Å²) in [4.78, 5) is 0. The highest BCUT2D eigenvalue weighted by Gasteiger charge is 2.67. The molecule has 1 aliphatic rings. The molecule has 0 aromatic heterocycles. The molecule has 2 unspecified atom stereocenters. The van der Waals surface area contributed by atoms with E-state index in [0.717, 1.165) is 0 Å². The zero-order chi connectivity index (χ0) is 20.4. The number of rotatable bonds is 0. The van der Waals surface area contributed by atoms with Gasteiger partial charge in [0, 0.05) is 0 Å². The molecule has 0 fully saturated rings. The van der Waals surface area contributed by atoms with Crippen molar-refractivity contribution in [2.45, 2.75) is 44.2 Å². The zero-order valence-corrected chi connectivity index (χ0v) is 12.1. The summed E-state index contributed by atoms with van der Waals surface area (Å²) < 4.78 is 156. The molecule has 1 aliphatic carbocycles. The molecule has 0 bridgehead atoms. The van der Waals surface area contributed by atoms with Gasteiger partial charge < -0.3 is 5.11 Å². The van der Waals surface area contributed by atoms with E-state index in [9.17, 15) is 57.8 Å². The molecule has 0 radical (unpaired) electrons. The van der Waals surface area contributed by atoms with Crippen LogP contribution in [0, 0.1) is 5.92 Å². The molecule has 0 saturated carbocycles. The van der Waals surface area contributed by atoms with Gasteiger partial charge in [0.2, 0.25) is 0 Å². The molecular weight excluding hydrogens is 388 g/mol. The predicted octanol–water partition coefficient (Wildman–Crippen LogP) is 5.23. The lowest BCUT2D eigenvalue weighted by atomic mass is 9.68. The molecule has 1 rings (SSSR count). The lowest BCUT2D eigenvalue weighted by molar-refractivity contribution is -0.221. The van der Waals surface area contributed by atoms with Crippen molar-refractivity contribution in [1.82, 2.24) is 0 Å². The maximum atomic E-state index is 13.0. The molecule has 25 heavy (non-hydrogen) atoms. The Balaban J connectivity index is 4.16. The molecule has 0 heterocycles. The van der Waals surface area contributed by atoms with E-state index in [4.69, 9.17) is 0 Å². The van der Waals surface area contributed by atoms with Gasteiger partial charge in [-0.2, -0.15) is 52.7 Å². The standard InChI is InChI=1S/C12H8F12O/c1-3-4(9(13,14)15)5(10(16,17)18)7(12(22,23)24)8(2,25)6(3)11(19,20)21/h6,25H,1-2H3. The van der Waals surface area contributed by atoms with Crippen LogP contribution in [0.5, 0.6) is 0 Å². The summed E-state index contributed by atoms with van der Waals surface area (Å²) in [7, 11) is 0. The monoisotopic (exact) mass is 396 g/mol. The Bertz CT molecular complexity index is 608. The molecule has 146 valence electrons. The fourth-order valence-electron chi connectivity index (χ4n) is 2.93. The van der Waals surface area contributed by atoms with Crippen LogP contribution < -0.4 is 0 Å². The number of allylic oxidation sites excluding steroid dienone is 2. The topological polar surface area (TPSA) is 20.2 Å². The number of halogens is 12. The minimum atomic E-state index is -6.32. The quantitative estimate of drug-likeness (QED) is 0.556. The van der Waals surface area contributed by atoms with Crippen LogP contribution in [0.2, 0.25) is 0 Å². The third-order valence-corrected chi connectivity index (χ3v) is 3.57. The maximum absolute atomic E-state index is 13.0. The fourth-order valence-corrected chi connectivity index (χ4v) is 2.93. The van der Waals surface area contributed by atoms with Crippen LogP contribution in [0.25, 0.3) is 0 Å². The van der Waals surface area contributed by atoms with E-state index in [0.29, 0.717) is 0 Å². The highest BCUT2D eigenvalue weighted by molar-refractivity contribution is 5.54. The van der Waals surface area contributed by atoms with Crippen molar-refractivity contribution in [2.75, 3.05) is 0 Å². The minimum Gasteiger partial charge on any atom is -0.384 e. The second kappa shape index (κ2) is 5.55. The molecule has 0 amide bonds. The zero-order valence-electron chi connectivity index (χ0n) is 12.1. The smallest absolute Gasteiger partial charge is 0.384 e. The van der Waals surface area contributed by atoms with Gasteiger partial charge >= 0.3 is 24.7 Å². The van der Waals surface area contributed by atoms with Crippen LogP contribution >= 0.6 is 0 Å². The van der Waals surface area contributed by atoms with Crippen LogP contribution in [0.4, 0.5) is 52.7 Å². The van der Waals surface area contributed by atoms with E-state index >= 15 is 0 Å². The Kier molecular flexibility index (Phi) is 4.80. The minimum absolute atomic E-state index is 0.0473. The number of hydrogen-bond acceptors (Lipinski definition) is 1. The second-order valence-electron chi connectivity index (χ2n) is 5.42. The van der Waals surface area contributed by atoms with Crippen molar-refractivity contribution in [2.24, 2.45) is 5.92 Å². The summed E-state index contributed by atoms with van der Waals surface area (Å²) >= 11 is 0. The summed E-state index contributed by atoms with van der Waals surface area (Å²) in [5.41, 5.74) is -16.3. The number of alkyl halides is 12. The van der Waals surface area contributed by atoms with Gasteiger partial charge in [-0.3, -0.25) is 0 Å². The van der Waals surface area contributed by atoms with E-state index in [1.54, 1.807) is 0 Å². The molecule has 0 saturated heterocycles. The Morgan fingerprint density at radius 2 is 1.08 bits per heavy atom. The lowest BCUT2D eigenvalue weighted by Crippen LogP contribution is -2.54. The highest BCUT2D eigenvalue weighted by atomic mass is 19.4. The number of aliphatic hydroxyl groups is 1. The summed E-state index contributed by atoms with van der Waals surface area (Å²) in [6.45, 7) is -0.301. The Morgan fingerprint density at radius 1 is 0.720 bits per heavy atom. The lowest BCUT2D eigenvalue weighted by Gasteiger charge is -2.43. The van der Waals surface area contributed by atoms with Crippen molar-refractivity contribution in [3.8, 4) is 0 Å². The van der Waals surface area contributed by atoms with Crippen molar-refractivity contribution in [3.63, 3.8) is 0 Å². The highest BCUT2D eigenvalue weighted by Crippen LogP contribution is 2.58. The normalized spacial score (nSPS) is 27.2. The van der Waals surface area contributed by atoms with Crippen molar-refractivity contribution in [3.05, 3.63) is 22.3 Å². The first-order valence-corrected chi connectivity index (χ1v) is 6.11. The van der Waals surface area contributed by atoms with Crippen molar-refractivity contribution >= 4 is 0 Å². The van der Waals surface area contributed by atoms with Crippen LogP contribution in [-0.4, -0.2) is 35.4 Å². The average Bonchev–Trinajstić information content (AvgIpc) is 2.18. The molecule has 13 heteroatoms. The third kappa shape index (κ3) is 3.75. The molecule has 1 nitrogen and oxygen atoms in total. The molecule has 2 atom stereocenters. The molecular formula is C12H8F12O. The van der Waals surface area contributed by atoms with Gasteiger partial charge in [0.1, 0.15) is 11.5 Å². The summed E-state index contributed by atoms with van der Waals surface area (Å²) in [5, 5.41) is 9.65. The first-order valence-electron chi connectivity index (χ1n) is 6.11. The largest absolute Gasteiger partial charge is 0.417 e. The van der Waals surface area contributed by atoms with E-state index in [1.165, 1.54) is 0 Å². The van der Waals surface area contributed by atoms with Crippen LogP contribution in [0.15, 0.2) is 22.3 Å². The Morgan fingerprint density at radius 3 is 1.32 bits per heavy atom. The molecule has 0 aromatic rings. The van der Waals surface area contributed by atoms with Gasteiger partial charge in [-0.05, 0) is 19.4 Å². The fraction of sp³-hybridized carbons (Fsp3) is 0.667. The third-order valence-electron chi connectivity index (χ3n) is 3.57. The predicted molar refractivity (Wildman–Crippen MR) is 58.1 cm³/mol. The van der Waals surface area contributed by atoms with Crippen LogP contribution in [-0.2, 0) is 0 Å². The van der Waals surface area contributed by atoms with Gasteiger partial charge in [-0.1, -0.05) is 0 Å². The van der Waals surface area contributed by atoms with Gasteiger partial charge in [0.15, 0.2) is 0 Å². The average molecular weight is 396 g/mol. The van der Waals surface area contributed by atoms with E-state index in [2.05, 4.69) is 0 Å². The van der Waals surface area contributed by atoms with Gasteiger partial charge in [-0.25, -0.2) is 0 Å². The van der Waals surface area contributed by atoms with E-state index in [1.807, 2.05) is 0 Å². The SMILES string of the molecule is CC1=C(C(F)(F)F)C(C(F)(F)F)=C(C(F)(F)F)C(C)(O)C1C(F)(F)F. The van der Waals surface area contributed by atoms with Crippen LogP contribution in [0.1, 0.15) is 13.8 Å². The van der Waals surface area contributed by atoms with Gasteiger partial charge in [0.05, 0.1) is 16.7 Å². The first-order chi connectivity index (χ1) is 10.6. The summed E-state index contributed by atoms with van der Waals surface area (Å²) in [5.74, 6) is -3.83. The Hall–Kier alpha value is -1.40. The van der Waals surface area contributed by atoms with Crippen LogP contribution in [0.3, 0.4) is 0 Å².